The number of rotatable bonds is 7. The highest BCUT2D eigenvalue weighted by atomic mass is 16.5. The molecule has 2 fully saturated rings. The summed E-state index contributed by atoms with van der Waals surface area (Å²) in [4.78, 5) is 26.4. The van der Waals surface area contributed by atoms with Crippen molar-refractivity contribution in [1.82, 2.24) is 15.5 Å². The fourth-order valence-electron chi connectivity index (χ4n) is 3.62. The van der Waals surface area contributed by atoms with E-state index in [9.17, 15) is 9.59 Å². The van der Waals surface area contributed by atoms with Crippen LogP contribution in [0.3, 0.4) is 0 Å². The van der Waals surface area contributed by atoms with Crippen LogP contribution >= 0.6 is 0 Å². The molecule has 2 N–H and O–H groups in total. The second kappa shape index (κ2) is 9.65. The Balaban J connectivity index is 1.17. The van der Waals surface area contributed by atoms with Gasteiger partial charge in [-0.25, -0.2) is 4.79 Å². The van der Waals surface area contributed by atoms with Crippen LogP contribution in [0.25, 0.3) is 0 Å². The second-order valence-corrected chi connectivity index (χ2v) is 8.12. The van der Waals surface area contributed by atoms with Crippen molar-refractivity contribution in [3.63, 3.8) is 0 Å². The van der Waals surface area contributed by atoms with Crippen molar-refractivity contribution >= 4 is 11.9 Å². The monoisotopic (exact) mass is 407 g/mol. The predicted octanol–water partition coefficient (Wildman–Crippen LogP) is 3.47. The topological polar surface area (TPSA) is 70.7 Å². The molecular formula is C24H29N3O3. The molecule has 1 aliphatic heterocycles. The maximum atomic E-state index is 12.5. The minimum Gasteiger partial charge on any atom is -0.489 e. The third kappa shape index (κ3) is 5.75. The summed E-state index contributed by atoms with van der Waals surface area (Å²) < 4.78 is 5.80. The third-order valence-electron chi connectivity index (χ3n) is 5.70. The summed E-state index contributed by atoms with van der Waals surface area (Å²) in [5.41, 5.74) is 2.17. The Morgan fingerprint density at radius 2 is 1.60 bits per heavy atom. The Morgan fingerprint density at radius 1 is 0.900 bits per heavy atom. The molecule has 2 aromatic rings. The van der Waals surface area contributed by atoms with E-state index in [4.69, 9.17) is 4.74 Å². The molecule has 0 atom stereocenters. The van der Waals surface area contributed by atoms with Crippen molar-refractivity contribution in [3.8, 4) is 5.75 Å². The zero-order valence-corrected chi connectivity index (χ0v) is 17.2. The van der Waals surface area contributed by atoms with E-state index in [1.807, 2.05) is 59.5 Å². The molecule has 1 saturated heterocycles. The van der Waals surface area contributed by atoms with E-state index in [1.165, 1.54) is 0 Å². The van der Waals surface area contributed by atoms with Crippen LogP contribution in [-0.4, -0.2) is 36.0 Å². The average molecular weight is 408 g/mol. The van der Waals surface area contributed by atoms with E-state index in [0.717, 1.165) is 42.6 Å². The molecular weight excluding hydrogens is 378 g/mol. The number of urea groups is 1. The van der Waals surface area contributed by atoms with Crippen LogP contribution in [-0.2, 0) is 17.9 Å². The Hall–Kier alpha value is -3.02. The number of amides is 3. The molecule has 2 aliphatic rings. The van der Waals surface area contributed by atoms with Gasteiger partial charge in [-0.3, -0.25) is 4.79 Å². The summed E-state index contributed by atoms with van der Waals surface area (Å²) in [7, 11) is 0. The number of benzene rings is 2. The Kier molecular flexibility index (Phi) is 6.52. The standard InChI is InChI=1S/C24H29N3O3/c28-23(20-12-14-27(15-13-20)24(29)26-21-8-9-21)25-16-18-6-10-22(11-7-18)30-17-19-4-2-1-3-5-19/h1-7,10-11,20-21H,8-9,12-17H2,(H,25,28)(H,26,29). The number of nitrogens with one attached hydrogen (secondary N) is 2. The summed E-state index contributed by atoms with van der Waals surface area (Å²) in [6.45, 7) is 2.32. The highest BCUT2D eigenvalue weighted by Crippen LogP contribution is 2.21. The molecule has 0 unspecified atom stereocenters. The van der Waals surface area contributed by atoms with Crippen molar-refractivity contribution < 1.29 is 14.3 Å². The molecule has 6 nitrogen and oxygen atoms in total. The van der Waals surface area contributed by atoms with Crippen LogP contribution in [0.2, 0.25) is 0 Å². The zero-order chi connectivity index (χ0) is 20.8. The molecule has 0 aromatic heterocycles. The molecule has 3 amide bonds. The first-order chi connectivity index (χ1) is 14.7. The van der Waals surface area contributed by atoms with Gasteiger partial charge < -0.3 is 20.3 Å². The number of piperidine rings is 1. The summed E-state index contributed by atoms with van der Waals surface area (Å²) in [6.07, 6.45) is 3.61. The maximum absolute atomic E-state index is 12.5. The Bertz CT molecular complexity index is 842. The van der Waals surface area contributed by atoms with E-state index >= 15 is 0 Å². The zero-order valence-electron chi connectivity index (χ0n) is 17.2. The smallest absolute Gasteiger partial charge is 0.317 e. The summed E-state index contributed by atoms with van der Waals surface area (Å²) >= 11 is 0. The number of carbonyl (C=O) groups excluding carboxylic acids is 2. The van der Waals surface area contributed by atoms with Gasteiger partial charge in [0.25, 0.3) is 0 Å². The van der Waals surface area contributed by atoms with Crippen LogP contribution in [0.5, 0.6) is 5.75 Å². The van der Waals surface area contributed by atoms with E-state index in [1.54, 1.807) is 0 Å². The molecule has 6 heteroatoms. The van der Waals surface area contributed by atoms with Crippen LogP contribution in [0.4, 0.5) is 4.79 Å². The predicted molar refractivity (Wildman–Crippen MR) is 115 cm³/mol. The minimum atomic E-state index is -0.0246. The maximum Gasteiger partial charge on any atom is 0.317 e. The molecule has 1 saturated carbocycles. The van der Waals surface area contributed by atoms with Gasteiger partial charge in [0, 0.05) is 31.6 Å². The first-order valence-electron chi connectivity index (χ1n) is 10.8. The molecule has 1 heterocycles. The van der Waals surface area contributed by atoms with Gasteiger partial charge >= 0.3 is 6.03 Å². The first kappa shape index (κ1) is 20.3. The lowest BCUT2D eigenvalue weighted by Crippen LogP contribution is -2.47. The van der Waals surface area contributed by atoms with Crippen LogP contribution in [0.1, 0.15) is 36.8 Å². The van der Waals surface area contributed by atoms with Crippen molar-refractivity contribution in [3.05, 3.63) is 65.7 Å². The average Bonchev–Trinajstić information content (AvgIpc) is 3.61. The van der Waals surface area contributed by atoms with Gasteiger partial charge in [-0.1, -0.05) is 42.5 Å². The quantitative estimate of drug-likeness (QED) is 0.738. The number of hydrogen-bond donors (Lipinski definition) is 2. The lowest BCUT2D eigenvalue weighted by Gasteiger charge is -2.31. The Labute approximate surface area is 177 Å². The fourth-order valence-corrected chi connectivity index (χ4v) is 3.62. The van der Waals surface area contributed by atoms with Gasteiger partial charge in [0.2, 0.25) is 5.91 Å². The van der Waals surface area contributed by atoms with Crippen LogP contribution < -0.4 is 15.4 Å². The molecule has 0 radical (unpaired) electrons. The van der Waals surface area contributed by atoms with Crippen molar-refractivity contribution in [2.24, 2.45) is 5.92 Å². The number of likely N-dealkylation sites (tertiary alicyclic amines) is 1. The Morgan fingerprint density at radius 3 is 2.27 bits per heavy atom. The molecule has 1 aliphatic carbocycles. The van der Waals surface area contributed by atoms with Gasteiger partial charge in [-0.15, -0.1) is 0 Å². The molecule has 0 bridgehead atoms. The molecule has 30 heavy (non-hydrogen) atoms. The SMILES string of the molecule is O=C(NCc1ccc(OCc2ccccc2)cc1)C1CCN(C(=O)NC2CC2)CC1. The summed E-state index contributed by atoms with van der Waals surface area (Å²) in [6, 6.07) is 18.3. The van der Waals surface area contributed by atoms with Crippen molar-refractivity contribution in [2.75, 3.05) is 13.1 Å². The summed E-state index contributed by atoms with van der Waals surface area (Å²) in [5.74, 6) is 0.857. The summed E-state index contributed by atoms with van der Waals surface area (Å²) in [5, 5.41) is 6.05. The van der Waals surface area contributed by atoms with E-state index in [2.05, 4.69) is 10.6 Å². The third-order valence-corrected chi connectivity index (χ3v) is 5.70. The lowest BCUT2D eigenvalue weighted by molar-refractivity contribution is -0.126. The van der Waals surface area contributed by atoms with Gasteiger partial charge in [0.1, 0.15) is 12.4 Å². The number of carbonyl (C=O) groups is 2. The lowest BCUT2D eigenvalue weighted by atomic mass is 9.96. The molecule has 4 rings (SSSR count). The highest BCUT2D eigenvalue weighted by molar-refractivity contribution is 5.79. The van der Waals surface area contributed by atoms with Crippen molar-refractivity contribution in [2.45, 2.75) is 44.9 Å². The van der Waals surface area contributed by atoms with Crippen LogP contribution in [0, 0.1) is 5.92 Å². The van der Waals surface area contributed by atoms with E-state index < -0.39 is 0 Å². The van der Waals surface area contributed by atoms with E-state index in [0.29, 0.717) is 32.3 Å². The first-order valence-corrected chi connectivity index (χ1v) is 10.8. The van der Waals surface area contributed by atoms with Gasteiger partial charge in [0.15, 0.2) is 0 Å². The molecule has 0 spiro atoms. The van der Waals surface area contributed by atoms with Gasteiger partial charge in [0.05, 0.1) is 0 Å². The highest BCUT2D eigenvalue weighted by Gasteiger charge is 2.30. The number of hydrogen-bond acceptors (Lipinski definition) is 3. The molecule has 158 valence electrons. The molecule has 2 aromatic carbocycles. The van der Waals surface area contributed by atoms with Gasteiger partial charge in [-0.05, 0) is 48.9 Å². The minimum absolute atomic E-state index is 0.0194. The number of nitrogens with zero attached hydrogens (tertiary/aromatic N) is 1. The van der Waals surface area contributed by atoms with Gasteiger partial charge in [-0.2, -0.15) is 0 Å². The second-order valence-electron chi connectivity index (χ2n) is 8.12. The van der Waals surface area contributed by atoms with Crippen LogP contribution in [0.15, 0.2) is 54.6 Å². The largest absolute Gasteiger partial charge is 0.489 e. The fraction of sp³-hybridized carbons (Fsp3) is 0.417. The number of ether oxygens (including phenoxy) is 1. The normalized spacial score (nSPS) is 16.7. The van der Waals surface area contributed by atoms with Crippen molar-refractivity contribution in [1.29, 1.82) is 0 Å². The van der Waals surface area contributed by atoms with E-state index in [-0.39, 0.29) is 17.9 Å².